The van der Waals surface area contributed by atoms with Crippen LogP contribution in [0.1, 0.15) is 13.8 Å². The lowest BCUT2D eigenvalue weighted by molar-refractivity contribution is 0.0501. The van der Waals surface area contributed by atoms with E-state index in [-0.39, 0.29) is 22.8 Å². The van der Waals surface area contributed by atoms with Gasteiger partial charge in [-0.1, -0.05) is 11.5 Å². The first-order valence-electron chi connectivity index (χ1n) is 6.40. The van der Waals surface area contributed by atoms with Crippen LogP contribution in [-0.4, -0.2) is 44.3 Å². The van der Waals surface area contributed by atoms with Crippen LogP contribution in [0.15, 0.2) is 23.0 Å². The highest BCUT2D eigenvalue weighted by molar-refractivity contribution is 8.00. The van der Waals surface area contributed by atoms with Crippen LogP contribution in [-0.2, 0) is 0 Å². The molecule has 3 unspecified atom stereocenters. The Morgan fingerprint density at radius 1 is 1.52 bits per heavy atom. The Bertz CT molecular complexity index is 544. The molecule has 4 atom stereocenters. The summed E-state index contributed by atoms with van der Waals surface area (Å²) in [5.74, 6) is 2.93. The molecule has 21 heavy (non-hydrogen) atoms. The molecule has 6 heteroatoms. The first-order chi connectivity index (χ1) is 9.81. The fraction of sp³-hybridized carbons (Fsp3) is 0.533. The third-order valence-corrected chi connectivity index (χ3v) is 5.67. The second kappa shape index (κ2) is 7.29. The zero-order valence-electron chi connectivity index (χ0n) is 11.9. The van der Waals surface area contributed by atoms with E-state index in [2.05, 4.69) is 18.5 Å². The molecule has 4 nitrogen and oxygen atoms in total. The third kappa shape index (κ3) is 3.59. The molecule has 0 amide bonds. The van der Waals surface area contributed by atoms with Crippen molar-refractivity contribution in [1.29, 1.82) is 5.26 Å². The highest BCUT2D eigenvalue weighted by Crippen LogP contribution is 2.45. The molecule has 0 spiro atoms. The van der Waals surface area contributed by atoms with Gasteiger partial charge in [-0.05, 0) is 19.9 Å². The summed E-state index contributed by atoms with van der Waals surface area (Å²) in [6.07, 6.45) is 5.23. The van der Waals surface area contributed by atoms with Crippen LogP contribution in [0, 0.1) is 29.1 Å². The SMILES string of the molecule is C#C[C@@]1(C)C(C)=CC(O)=C(C#N)C1SCC(O)C(O)CS. The van der Waals surface area contributed by atoms with Gasteiger partial charge in [0, 0.05) is 11.5 Å². The number of allylic oxidation sites excluding steroid dienone is 2. The van der Waals surface area contributed by atoms with Crippen LogP contribution in [0.3, 0.4) is 0 Å². The van der Waals surface area contributed by atoms with Crippen LogP contribution >= 0.6 is 24.4 Å². The molecule has 0 fully saturated rings. The molecule has 114 valence electrons. The second-order valence-electron chi connectivity index (χ2n) is 5.12. The minimum absolute atomic E-state index is 0.0931. The molecule has 1 rings (SSSR count). The van der Waals surface area contributed by atoms with Crippen molar-refractivity contribution in [3.63, 3.8) is 0 Å². The van der Waals surface area contributed by atoms with Crippen molar-refractivity contribution in [3.05, 3.63) is 23.0 Å². The lowest BCUT2D eigenvalue weighted by Gasteiger charge is -2.37. The number of nitriles is 1. The summed E-state index contributed by atoms with van der Waals surface area (Å²) in [6.45, 7) is 3.62. The molecule has 1 aliphatic rings. The average molecular weight is 325 g/mol. The molecule has 1 aliphatic carbocycles. The summed E-state index contributed by atoms with van der Waals surface area (Å²) < 4.78 is 0. The van der Waals surface area contributed by atoms with Gasteiger partial charge in [0.1, 0.15) is 5.76 Å². The van der Waals surface area contributed by atoms with Gasteiger partial charge in [-0.15, -0.1) is 18.2 Å². The summed E-state index contributed by atoms with van der Waals surface area (Å²) in [6, 6.07) is 1.99. The summed E-state index contributed by atoms with van der Waals surface area (Å²) >= 11 is 5.18. The number of thioether (sulfide) groups is 1. The number of hydrogen-bond donors (Lipinski definition) is 4. The van der Waals surface area contributed by atoms with E-state index in [4.69, 9.17) is 6.42 Å². The van der Waals surface area contributed by atoms with E-state index in [0.717, 1.165) is 5.57 Å². The number of aliphatic hydroxyl groups excluding tert-OH is 3. The number of hydrogen-bond acceptors (Lipinski definition) is 6. The molecular formula is C15H19NO3S2. The molecule has 0 radical (unpaired) electrons. The van der Waals surface area contributed by atoms with Crippen LogP contribution < -0.4 is 0 Å². The Hall–Kier alpha value is -1.05. The predicted octanol–water partition coefficient (Wildman–Crippen LogP) is 1.67. The minimum atomic E-state index is -0.970. The highest BCUT2D eigenvalue weighted by Gasteiger charge is 2.42. The van der Waals surface area contributed by atoms with E-state index in [0.29, 0.717) is 0 Å². The Labute approximate surface area is 135 Å². The zero-order chi connectivity index (χ0) is 16.2. The molecule has 0 aromatic carbocycles. The monoisotopic (exact) mass is 325 g/mol. The van der Waals surface area contributed by atoms with Crippen molar-refractivity contribution >= 4 is 24.4 Å². The van der Waals surface area contributed by atoms with E-state index in [1.54, 1.807) is 6.92 Å². The lowest BCUT2D eigenvalue weighted by Crippen LogP contribution is -2.37. The Morgan fingerprint density at radius 3 is 2.62 bits per heavy atom. The van der Waals surface area contributed by atoms with E-state index in [9.17, 15) is 20.6 Å². The smallest absolute Gasteiger partial charge is 0.130 e. The number of rotatable bonds is 5. The Kier molecular flexibility index (Phi) is 6.24. The zero-order valence-corrected chi connectivity index (χ0v) is 13.7. The second-order valence-corrected chi connectivity index (χ2v) is 6.62. The molecule has 0 aromatic heterocycles. The maximum absolute atomic E-state index is 9.93. The van der Waals surface area contributed by atoms with Gasteiger partial charge >= 0.3 is 0 Å². The molecule has 0 heterocycles. The maximum atomic E-state index is 9.93. The normalized spacial score (nSPS) is 28.3. The third-order valence-electron chi connectivity index (χ3n) is 3.72. The fourth-order valence-corrected chi connectivity index (χ4v) is 3.83. The van der Waals surface area contributed by atoms with Gasteiger partial charge in [-0.2, -0.15) is 17.9 Å². The molecule has 0 saturated carbocycles. The number of terminal acetylenes is 1. The van der Waals surface area contributed by atoms with Crippen molar-refractivity contribution in [2.45, 2.75) is 31.3 Å². The van der Waals surface area contributed by atoms with Gasteiger partial charge in [0.2, 0.25) is 0 Å². The number of nitrogens with zero attached hydrogens (tertiary/aromatic N) is 1. The van der Waals surface area contributed by atoms with Crippen LogP contribution in [0.25, 0.3) is 0 Å². The first-order valence-corrected chi connectivity index (χ1v) is 8.08. The van der Waals surface area contributed by atoms with E-state index in [1.807, 2.05) is 13.0 Å². The quantitative estimate of drug-likeness (QED) is 0.456. The molecule has 0 aromatic rings. The van der Waals surface area contributed by atoms with Crippen molar-refractivity contribution in [3.8, 4) is 18.4 Å². The van der Waals surface area contributed by atoms with Gasteiger partial charge in [0.05, 0.1) is 34.5 Å². The van der Waals surface area contributed by atoms with Crippen molar-refractivity contribution in [2.75, 3.05) is 11.5 Å². The largest absolute Gasteiger partial charge is 0.507 e. The summed E-state index contributed by atoms with van der Waals surface area (Å²) in [7, 11) is 0. The molecule has 0 saturated heterocycles. The number of thiol groups is 1. The summed E-state index contributed by atoms with van der Waals surface area (Å²) in [4.78, 5) is 0. The van der Waals surface area contributed by atoms with Gasteiger partial charge in [-0.3, -0.25) is 0 Å². The van der Waals surface area contributed by atoms with E-state index >= 15 is 0 Å². The van der Waals surface area contributed by atoms with Gasteiger partial charge in [-0.25, -0.2) is 0 Å². The summed E-state index contributed by atoms with van der Waals surface area (Å²) in [5, 5.41) is 38.1. The number of aliphatic hydroxyl groups is 3. The standard InChI is InChI=1S/C15H19NO3S2/c1-4-15(3)9(2)5-11(17)10(6-16)14(15)21-8-13(19)12(18)7-20/h1,5,12-14,17-20H,7-8H2,2-3H3/t12?,13?,14?,15-/m0/s1. The van der Waals surface area contributed by atoms with Crippen LogP contribution in [0.4, 0.5) is 0 Å². The van der Waals surface area contributed by atoms with Crippen molar-refractivity contribution < 1.29 is 15.3 Å². The maximum Gasteiger partial charge on any atom is 0.130 e. The lowest BCUT2D eigenvalue weighted by atomic mass is 9.74. The van der Waals surface area contributed by atoms with Crippen LogP contribution in [0.5, 0.6) is 0 Å². The molecular weight excluding hydrogens is 306 g/mol. The Morgan fingerprint density at radius 2 is 2.14 bits per heavy atom. The van der Waals surface area contributed by atoms with Gasteiger partial charge in [0.15, 0.2) is 0 Å². The highest BCUT2D eigenvalue weighted by atomic mass is 32.2. The first kappa shape index (κ1) is 18.0. The fourth-order valence-electron chi connectivity index (χ4n) is 2.05. The molecule has 0 bridgehead atoms. The summed E-state index contributed by atoms with van der Waals surface area (Å²) in [5.41, 5.74) is 0.245. The van der Waals surface area contributed by atoms with Gasteiger partial charge in [0.25, 0.3) is 0 Å². The molecule has 3 N–H and O–H groups in total. The topological polar surface area (TPSA) is 84.5 Å². The Balaban J connectivity index is 3.04. The van der Waals surface area contributed by atoms with Crippen LogP contribution in [0.2, 0.25) is 0 Å². The predicted molar refractivity (Wildman–Crippen MR) is 88.1 cm³/mol. The van der Waals surface area contributed by atoms with Crippen molar-refractivity contribution in [1.82, 2.24) is 0 Å². The van der Waals surface area contributed by atoms with Gasteiger partial charge < -0.3 is 15.3 Å². The van der Waals surface area contributed by atoms with E-state index in [1.165, 1.54) is 17.8 Å². The molecule has 0 aliphatic heterocycles. The van der Waals surface area contributed by atoms with E-state index < -0.39 is 22.9 Å². The average Bonchev–Trinajstić information content (AvgIpc) is 2.47. The van der Waals surface area contributed by atoms with Crippen molar-refractivity contribution in [2.24, 2.45) is 5.41 Å². The minimum Gasteiger partial charge on any atom is -0.507 e.